The van der Waals surface area contributed by atoms with Gasteiger partial charge in [0.15, 0.2) is 0 Å². The lowest BCUT2D eigenvalue weighted by Crippen LogP contribution is -2.58. The summed E-state index contributed by atoms with van der Waals surface area (Å²) in [6.07, 6.45) is 1.55. The van der Waals surface area contributed by atoms with Gasteiger partial charge in [-0.25, -0.2) is 4.79 Å². The van der Waals surface area contributed by atoms with Crippen molar-refractivity contribution in [1.29, 1.82) is 0 Å². The van der Waals surface area contributed by atoms with Gasteiger partial charge < -0.3 is 35.1 Å². The van der Waals surface area contributed by atoms with Crippen molar-refractivity contribution in [3.05, 3.63) is 104 Å². The smallest absolute Gasteiger partial charge is 0.338 e. The van der Waals surface area contributed by atoms with Gasteiger partial charge in [0.05, 0.1) is 39.9 Å². The lowest BCUT2D eigenvalue weighted by atomic mass is 9.96. The molecular weight excluding hydrogens is 655 g/mol. The Morgan fingerprint density at radius 1 is 1.00 bits per heavy atom. The minimum absolute atomic E-state index is 0.220. The molecular formula is C34H33Cl3N2O7. The van der Waals surface area contributed by atoms with Gasteiger partial charge in [0.2, 0.25) is 0 Å². The van der Waals surface area contributed by atoms with Crippen LogP contribution in [0.1, 0.15) is 69.8 Å². The van der Waals surface area contributed by atoms with Crippen LogP contribution < -0.4 is 10.5 Å². The Labute approximate surface area is 280 Å². The maximum absolute atomic E-state index is 12.5. The minimum atomic E-state index is -1.66. The van der Waals surface area contributed by atoms with Crippen LogP contribution in [0.15, 0.2) is 65.2 Å². The largest absolute Gasteiger partial charge is 0.489 e. The fourth-order valence-corrected chi connectivity index (χ4v) is 6.43. The molecule has 0 spiro atoms. The van der Waals surface area contributed by atoms with Crippen molar-refractivity contribution in [3.8, 4) is 17.0 Å². The molecule has 46 heavy (non-hydrogen) atoms. The second-order valence-electron chi connectivity index (χ2n) is 12.0. The molecule has 5 N–H and O–H groups in total. The summed E-state index contributed by atoms with van der Waals surface area (Å²) >= 11 is 19.7. The summed E-state index contributed by atoms with van der Waals surface area (Å²) in [6, 6.07) is 18.1. The molecule has 12 heteroatoms. The predicted octanol–water partition coefficient (Wildman–Crippen LogP) is 6.23. The molecule has 9 nitrogen and oxygen atoms in total. The number of nitrogens with zero attached hydrogens (tertiary/aromatic N) is 1. The summed E-state index contributed by atoms with van der Waals surface area (Å²) in [7, 11) is 0. The molecule has 6 rings (SSSR count). The summed E-state index contributed by atoms with van der Waals surface area (Å²) < 4.78 is 17.1. The minimum Gasteiger partial charge on any atom is -0.489 e. The average Bonchev–Trinajstić information content (AvgIpc) is 4.00. The number of aliphatic hydroxyl groups is 3. The molecule has 0 saturated heterocycles. The van der Waals surface area contributed by atoms with Gasteiger partial charge in [0.25, 0.3) is 0 Å². The Morgan fingerprint density at radius 3 is 2.33 bits per heavy atom. The molecule has 1 aromatic heterocycles. The molecule has 2 saturated carbocycles. The van der Waals surface area contributed by atoms with Gasteiger partial charge in [-0.2, -0.15) is 0 Å². The summed E-state index contributed by atoms with van der Waals surface area (Å²) in [6.45, 7) is -1.56. The second kappa shape index (κ2) is 13.5. The van der Waals surface area contributed by atoms with Crippen LogP contribution in [0.25, 0.3) is 11.3 Å². The molecule has 2 aliphatic carbocycles. The number of aliphatic hydroxyl groups excluding tert-OH is 3. The topological polar surface area (TPSA) is 148 Å². The quantitative estimate of drug-likeness (QED) is 0.120. The molecule has 4 aromatic rings. The van der Waals surface area contributed by atoms with Crippen LogP contribution in [0.4, 0.5) is 0 Å². The average molecular weight is 688 g/mol. The summed E-state index contributed by atoms with van der Waals surface area (Å²) in [5, 5.41) is 34.6. The first-order chi connectivity index (χ1) is 22.1. The fourth-order valence-electron chi connectivity index (χ4n) is 5.54. The van der Waals surface area contributed by atoms with Crippen molar-refractivity contribution >= 4 is 40.8 Å². The van der Waals surface area contributed by atoms with Crippen LogP contribution in [0.5, 0.6) is 5.75 Å². The van der Waals surface area contributed by atoms with Gasteiger partial charge in [0.1, 0.15) is 36.5 Å². The summed E-state index contributed by atoms with van der Waals surface area (Å²) in [5.74, 6) is 1.53. The third kappa shape index (κ3) is 6.78. The molecule has 3 atom stereocenters. The Balaban J connectivity index is 1.08. The molecule has 0 radical (unpaired) electrons. The van der Waals surface area contributed by atoms with Crippen LogP contribution >= 0.6 is 34.8 Å². The van der Waals surface area contributed by atoms with Crippen LogP contribution in [0.3, 0.4) is 0 Å². The Morgan fingerprint density at radius 2 is 1.70 bits per heavy atom. The van der Waals surface area contributed by atoms with Crippen molar-refractivity contribution in [2.75, 3.05) is 19.8 Å². The van der Waals surface area contributed by atoms with E-state index in [0.29, 0.717) is 43.6 Å². The van der Waals surface area contributed by atoms with E-state index in [4.69, 9.17) is 54.5 Å². The Hall–Kier alpha value is -3.15. The molecule has 2 aliphatic rings. The number of benzene rings is 3. The maximum Gasteiger partial charge on any atom is 0.338 e. The second-order valence-corrected chi connectivity index (χ2v) is 13.2. The van der Waals surface area contributed by atoms with E-state index in [1.807, 2.05) is 30.3 Å². The molecule has 0 amide bonds. The number of nitrogens with two attached hydrogens (primary N) is 1. The van der Waals surface area contributed by atoms with Gasteiger partial charge in [-0.05, 0) is 78.6 Å². The van der Waals surface area contributed by atoms with E-state index < -0.39 is 37.4 Å². The predicted molar refractivity (Wildman–Crippen MR) is 174 cm³/mol. The number of carbonyl (C=O) groups is 1. The van der Waals surface area contributed by atoms with E-state index >= 15 is 0 Å². The first kappa shape index (κ1) is 32.8. The monoisotopic (exact) mass is 686 g/mol. The number of ether oxygens (including phenoxy) is 2. The lowest BCUT2D eigenvalue weighted by molar-refractivity contribution is -0.0326. The SMILES string of the molecule is NC(CO)(CO)C(O)COC(=O)c1ccc(C2CC2c2ccc(OCc3c(-c4c(Cl)cccc4Cl)noc3C3CC3)cc2Cl)cc1. The molecule has 242 valence electrons. The Kier molecular flexibility index (Phi) is 9.64. The normalized spacial score (nSPS) is 18.3. The van der Waals surface area contributed by atoms with Crippen molar-refractivity contribution in [1.82, 2.24) is 5.16 Å². The van der Waals surface area contributed by atoms with Crippen molar-refractivity contribution in [2.45, 2.75) is 55.3 Å². The van der Waals surface area contributed by atoms with E-state index in [2.05, 4.69) is 5.16 Å². The molecule has 3 aromatic carbocycles. The molecule has 0 aliphatic heterocycles. The number of hydrogen-bond acceptors (Lipinski definition) is 9. The van der Waals surface area contributed by atoms with Gasteiger partial charge in [-0.15, -0.1) is 0 Å². The van der Waals surface area contributed by atoms with Crippen LogP contribution in [0, 0.1) is 0 Å². The van der Waals surface area contributed by atoms with E-state index in [1.54, 1.807) is 30.3 Å². The van der Waals surface area contributed by atoms with Gasteiger partial charge >= 0.3 is 5.97 Å². The van der Waals surface area contributed by atoms with E-state index in [1.165, 1.54) is 0 Å². The highest BCUT2D eigenvalue weighted by molar-refractivity contribution is 6.39. The zero-order valence-corrected chi connectivity index (χ0v) is 26.9. The molecule has 2 fully saturated rings. The van der Waals surface area contributed by atoms with E-state index in [0.717, 1.165) is 41.7 Å². The number of halogens is 3. The van der Waals surface area contributed by atoms with Crippen molar-refractivity contribution in [2.24, 2.45) is 5.73 Å². The third-order valence-corrected chi connectivity index (χ3v) is 9.67. The standard InChI is InChI=1S/C34H33Cl3N2O7/c35-26-2-1-3-27(36)30(26)31-25(32(46-39-31)19-6-7-19)14-44-21-10-11-22(28(37)12-21)24-13-23(24)18-4-8-20(9-5-18)33(43)45-15-29(42)34(38,16-40)17-41/h1-5,8-12,19,23-24,29,40-42H,6-7,13-17,38H2. The number of aromatic nitrogens is 1. The molecule has 0 bridgehead atoms. The van der Waals surface area contributed by atoms with Gasteiger partial charge in [-0.3, -0.25) is 0 Å². The molecule has 3 unspecified atom stereocenters. The van der Waals surface area contributed by atoms with Crippen LogP contribution in [0.2, 0.25) is 15.1 Å². The first-order valence-corrected chi connectivity index (χ1v) is 16.1. The summed E-state index contributed by atoms with van der Waals surface area (Å²) in [4.78, 5) is 12.5. The number of hydrogen-bond donors (Lipinski definition) is 4. The Bertz CT molecular complexity index is 1700. The van der Waals surface area contributed by atoms with E-state index in [-0.39, 0.29) is 18.4 Å². The highest BCUT2D eigenvalue weighted by Crippen LogP contribution is 2.56. The van der Waals surface area contributed by atoms with Gasteiger partial charge in [0, 0.05) is 16.5 Å². The van der Waals surface area contributed by atoms with Crippen molar-refractivity contribution in [3.63, 3.8) is 0 Å². The highest BCUT2D eigenvalue weighted by Gasteiger charge is 2.41. The molecule has 1 heterocycles. The zero-order valence-electron chi connectivity index (χ0n) is 24.7. The third-order valence-electron chi connectivity index (χ3n) is 8.71. The lowest BCUT2D eigenvalue weighted by Gasteiger charge is -2.29. The zero-order chi connectivity index (χ0) is 32.6. The van der Waals surface area contributed by atoms with Crippen LogP contribution in [-0.2, 0) is 11.3 Å². The fraction of sp³-hybridized carbons (Fsp3) is 0.353. The number of rotatable bonds is 13. The van der Waals surface area contributed by atoms with Gasteiger partial charge in [-0.1, -0.05) is 64.2 Å². The first-order valence-electron chi connectivity index (χ1n) is 14.9. The number of esters is 1. The van der Waals surface area contributed by atoms with Crippen molar-refractivity contribution < 1.29 is 34.1 Å². The van der Waals surface area contributed by atoms with E-state index in [9.17, 15) is 20.1 Å². The van der Waals surface area contributed by atoms with Crippen LogP contribution in [-0.4, -0.2) is 57.9 Å². The summed E-state index contributed by atoms with van der Waals surface area (Å²) in [5.41, 5.74) is 8.47. The number of carbonyl (C=O) groups excluding carboxylic acids is 1. The maximum atomic E-state index is 12.5. The highest BCUT2D eigenvalue weighted by atomic mass is 35.5.